The number of carbonyl (C=O) groups is 2. The monoisotopic (exact) mass is 358 g/mol. The lowest BCUT2D eigenvalue weighted by Crippen LogP contribution is -2.04. The van der Waals surface area contributed by atoms with Crippen molar-refractivity contribution >= 4 is 17.6 Å². The smallest absolute Gasteiger partial charge is 0.196 e. The van der Waals surface area contributed by atoms with E-state index in [4.69, 9.17) is 0 Å². The molecule has 4 nitrogen and oxygen atoms in total. The van der Waals surface area contributed by atoms with E-state index in [1.165, 1.54) is 12.1 Å². The Morgan fingerprint density at radius 2 is 1.44 bits per heavy atom. The lowest BCUT2D eigenvalue weighted by atomic mass is 9.98. The van der Waals surface area contributed by atoms with E-state index in [-0.39, 0.29) is 22.6 Å². The van der Waals surface area contributed by atoms with Gasteiger partial charge in [-0.25, -0.2) is 0 Å². The van der Waals surface area contributed by atoms with Crippen LogP contribution in [0.25, 0.3) is 6.08 Å². The lowest BCUT2D eigenvalue weighted by Gasteiger charge is -2.08. The van der Waals surface area contributed by atoms with E-state index in [1.54, 1.807) is 36.4 Å². The van der Waals surface area contributed by atoms with E-state index in [0.29, 0.717) is 5.56 Å². The average molecular weight is 358 g/mol. The van der Waals surface area contributed by atoms with Gasteiger partial charge in [0.1, 0.15) is 11.5 Å². The first kappa shape index (κ1) is 18.1. The van der Waals surface area contributed by atoms with Gasteiger partial charge in [0.05, 0.1) is 11.1 Å². The Balaban J connectivity index is 1.92. The number of aromatic hydroxyl groups is 2. The molecule has 0 saturated carbocycles. The Bertz CT molecular complexity index is 1020. The average Bonchev–Trinajstić information content (AvgIpc) is 2.67. The molecule has 3 rings (SSSR count). The van der Waals surface area contributed by atoms with E-state index in [1.807, 2.05) is 31.2 Å². The van der Waals surface area contributed by atoms with Crippen LogP contribution in [0.5, 0.6) is 11.5 Å². The van der Waals surface area contributed by atoms with Gasteiger partial charge in [0, 0.05) is 11.6 Å². The molecule has 0 atom stereocenters. The van der Waals surface area contributed by atoms with Crippen molar-refractivity contribution in [3.05, 3.63) is 101 Å². The summed E-state index contributed by atoms with van der Waals surface area (Å²) in [6.07, 6.45) is 2.96. The summed E-state index contributed by atoms with van der Waals surface area (Å²) in [7, 11) is 0. The Hall–Kier alpha value is -3.66. The van der Waals surface area contributed by atoms with Gasteiger partial charge < -0.3 is 10.2 Å². The fraction of sp³-hybridized carbons (Fsp3) is 0.0435. The van der Waals surface area contributed by atoms with Crippen LogP contribution in [0.2, 0.25) is 0 Å². The molecule has 0 heterocycles. The summed E-state index contributed by atoms with van der Waals surface area (Å²) in [5.74, 6) is -1.64. The first-order valence-electron chi connectivity index (χ1n) is 8.40. The van der Waals surface area contributed by atoms with Crippen LogP contribution in [0.15, 0.2) is 72.8 Å². The molecule has 2 N–H and O–H groups in total. The Labute approximate surface area is 157 Å². The molecule has 0 aromatic heterocycles. The van der Waals surface area contributed by atoms with Crippen LogP contribution < -0.4 is 0 Å². The zero-order chi connectivity index (χ0) is 19.4. The lowest BCUT2D eigenvalue weighted by molar-refractivity contribution is 0.103. The minimum atomic E-state index is -0.463. The van der Waals surface area contributed by atoms with E-state index in [9.17, 15) is 19.8 Å². The molecule has 0 unspecified atom stereocenters. The standard InChI is InChI=1S/C23H18O4/c1-15-7-9-16(10-8-15)11-12-20(24)18-13-19(22(26)14-21(18)25)23(27)17-5-3-2-4-6-17/h2-14,25-26H,1H3. The van der Waals surface area contributed by atoms with Crippen molar-refractivity contribution in [2.45, 2.75) is 6.92 Å². The predicted molar refractivity (Wildman–Crippen MR) is 104 cm³/mol. The molecule has 27 heavy (non-hydrogen) atoms. The van der Waals surface area contributed by atoms with Crippen molar-refractivity contribution in [2.24, 2.45) is 0 Å². The van der Waals surface area contributed by atoms with E-state index < -0.39 is 11.6 Å². The summed E-state index contributed by atoms with van der Waals surface area (Å²) in [5, 5.41) is 20.1. The van der Waals surface area contributed by atoms with Crippen molar-refractivity contribution in [2.75, 3.05) is 0 Å². The second-order valence-corrected chi connectivity index (χ2v) is 6.19. The summed E-state index contributed by atoms with van der Waals surface area (Å²) < 4.78 is 0. The molecule has 0 aliphatic carbocycles. The summed E-state index contributed by atoms with van der Waals surface area (Å²) in [5.41, 5.74) is 2.25. The molecule has 0 bridgehead atoms. The first-order chi connectivity index (χ1) is 13.0. The summed E-state index contributed by atoms with van der Waals surface area (Å²) in [4.78, 5) is 25.1. The maximum Gasteiger partial charge on any atom is 0.196 e. The molecular formula is C23H18O4. The van der Waals surface area contributed by atoms with Gasteiger partial charge in [0.2, 0.25) is 0 Å². The highest BCUT2D eigenvalue weighted by atomic mass is 16.3. The first-order valence-corrected chi connectivity index (χ1v) is 8.40. The molecular weight excluding hydrogens is 340 g/mol. The second-order valence-electron chi connectivity index (χ2n) is 6.19. The minimum Gasteiger partial charge on any atom is -0.507 e. The van der Waals surface area contributed by atoms with Crippen LogP contribution in [0.3, 0.4) is 0 Å². The maximum absolute atomic E-state index is 12.6. The summed E-state index contributed by atoms with van der Waals surface area (Å²) in [6, 6.07) is 18.3. The van der Waals surface area contributed by atoms with E-state index in [0.717, 1.165) is 17.2 Å². The summed E-state index contributed by atoms with van der Waals surface area (Å²) >= 11 is 0. The fourth-order valence-corrected chi connectivity index (χ4v) is 2.64. The second kappa shape index (κ2) is 7.70. The highest BCUT2D eigenvalue weighted by Gasteiger charge is 2.19. The van der Waals surface area contributed by atoms with Crippen molar-refractivity contribution in [1.82, 2.24) is 0 Å². The fourth-order valence-electron chi connectivity index (χ4n) is 2.64. The van der Waals surface area contributed by atoms with Gasteiger partial charge in [-0.15, -0.1) is 0 Å². The number of phenolic OH excluding ortho intramolecular Hbond substituents is 2. The van der Waals surface area contributed by atoms with Gasteiger partial charge in [0.15, 0.2) is 11.6 Å². The Morgan fingerprint density at radius 3 is 2.11 bits per heavy atom. The quantitative estimate of drug-likeness (QED) is 0.519. The number of aryl methyl sites for hydroxylation is 1. The molecule has 0 aliphatic rings. The molecule has 0 saturated heterocycles. The molecule has 0 aliphatic heterocycles. The molecule has 0 fully saturated rings. The Kier molecular flexibility index (Phi) is 5.18. The Morgan fingerprint density at radius 1 is 0.815 bits per heavy atom. The van der Waals surface area contributed by atoms with Crippen LogP contribution in [0.4, 0.5) is 0 Å². The number of hydrogen-bond donors (Lipinski definition) is 2. The number of benzene rings is 3. The highest BCUT2D eigenvalue weighted by Crippen LogP contribution is 2.30. The predicted octanol–water partition coefficient (Wildman–Crippen LogP) is 4.53. The summed E-state index contributed by atoms with van der Waals surface area (Å²) in [6.45, 7) is 1.97. The van der Waals surface area contributed by atoms with Gasteiger partial charge in [-0.3, -0.25) is 9.59 Å². The van der Waals surface area contributed by atoms with Crippen LogP contribution in [-0.4, -0.2) is 21.8 Å². The molecule has 134 valence electrons. The number of allylic oxidation sites excluding steroid dienone is 1. The number of ketones is 2. The van der Waals surface area contributed by atoms with Crippen LogP contribution in [-0.2, 0) is 0 Å². The van der Waals surface area contributed by atoms with Crippen LogP contribution in [0.1, 0.15) is 37.4 Å². The highest BCUT2D eigenvalue weighted by molar-refractivity contribution is 6.14. The minimum absolute atomic E-state index is 0.0360. The zero-order valence-electron chi connectivity index (χ0n) is 14.7. The number of rotatable bonds is 5. The molecule has 0 radical (unpaired) electrons. The van der Waals surface area contributed by atoms with E-state index in [2.05, 4.69) is 0 Å². The maximum atomic E-state index is 12.6. The zero-order valence-corrected chi connectivity index (χ0v) is 14.7. The van der Waals surface area contributed by atoms with E-state index >= 15 is 0 Å². The van der Waals surface area contributed by atoms with Crippen molar-refractivity contribution in [1.29, 1.82) is 0 Å². The largest absolute Gasteiger partial charge is 0.507 e. The van der Waals surface area contributed by atoms with Gasteiger partial charge in [0.25, 0.3) is 0 Å². The van der Waals surface area contributed by atoms with Crippen molar-refractivity contribution in [3.8, 4) is 11.5 Å². The van der Waals surface area contributed by atoms with Gasteiger partial charge >= 0.3 is 0 Å². The third-order valence-electron chi connectivity index (χ3n) is 4.16. The van der Waals surface area contributed by atoms with Gasteiger partial charge in [-0.05, 0) is 24.6 Å². The van der Waals surface area contributed by atoms with Gasteiger partial charge in [-0.1, -0.05) is 66.2 Å². The van der Waals surface area contributed by atoms with Crippen LogP contribution in [0, 0.1) is 6.92 Å². The number of phenols is 2. The topological polar surface area (TPSA) is 74.6 Å². The molecule has 0 amide bonds. The molecule has 0 spiro atoms. The molecule has 4 heteroatoms. The SMILES string of the molecule is Cc1ccc(C=CC(=O)c2cc(C(=O)c3ccccc3)c(O)cc2O)cc1. The van der Waals surface area contributed by atoms with Crippen molar-refractivity contribution < 1.29 is 19.8 Å². The van der Waals surface area contributed by atoms with Crippen LogP contribution >= 0.6 is 0 Å². The third-order valence-corrected chi connectivity index (χ3v) is 4.16. The van der Waals surface area contributed by atoms with Crippen molar-refractivity contribution in [3.63, 3.8) is 0 Å². The van der Waals surface area contributed by atoms with Gasteiger partial charge in [-0.2, -0.15) is 0 Å². The third kappa shape index (κ3) is 4.12. The molecule has 3 aromatic rings. The number of carbonyl (C=O) groups excluding carboxylic acids is 2. The number of hydrogen-bond acceptors (Lipinski definition) is 4. The normalized spacial score (nSPS) is 10.9. The molecule has 3 aromatic carbocycles.